The number of aromatic amines is 1. The van der Waals surface area contributed by atoms with E-state index in [9.17, 15) is 4.79 Å². The van der Waals surface area contributed by atoms with Gasteiger partial charge in [-0.05, 0) is 24.3 Å². The van der Waals surface area contributed by atoms with Crippen LogP contribution < -0.4 is 4.74 Å². The molecule has 0 aliphatic rings. The fourth-order valence-electron chi connectivity index (χ4n) is 1.96. The number of benzene rings is 2. The summed E-state index contributed by atoms with van der Waals surface area (Å²) in [6.07, 6.45) is 0. The van der Waals surface area contributed by atoms with Crippen molar-refractivity contribution in [2.45, 2.75) is 0 Å². The summed E-state index contributed by atoms with van der Waals surface area (Å²) in [5.41, 5.74) is 2.79. The van der Waals surface area contributed by atoms with Crippen molar-refractivity contribution in [2.75, 3.05) is 6.61 Å². The molecular formula is C17H11ClN2O3. The number of rotatable bonds is 3. The molecule has 6 heteroatoms. The Labute approximate surface area is 136 Å². The molecular weight excluding hydrogens is 316 g/mol. The zero-order valence-electron chi connectivity index (χ0n) is 11.8. The summed E-state index contributed by atoms with van der Waals surface area (Å²) in [7, 11) is 0. The number of hydrogen-bond donors (Lipinski definition) is 2. The fraction of sp³-hybridized carbons (Fsp3) is 0.0588. The zero-order chi connectivity index (χ0) is 16.2. The maximum absolute atomic E-state index is 10.5. The SMILES string of the molecule is O=C(O)COc1nc2cc(Cl)c(C#Cc3ccccc3)cc2[nH]1. The van der Waals surface area contributed by atoms with Crippen molar-refractivity contribution in [1.82, 2.24) is 9.97 Å². The van der Waals surface area contributed by atoms with E-state index in [-0.39, 0.29) is 6.01 Å². The molecule has 0 saturated heterocycles. The van der Waals surface area contributed by atoms with Crippen molar-refractivity contribution in [1.29, 1.82) is 0 Å². The van der Waals surface area contributed by atoms with Gasteiger partial charge in [-0.25, -0.2) is 4.79 Å². The predicted molar refractivity (Wildman–Crippen MR) is 86.7 cm³/mol. The summed E-state index contributed by atoms with van der Waals surface area (Å²) < 4.78 is 5.02. The van der Waals surface area contributed by atoms with E-state index in [2.05, 4.69) is 21.8 Å². The highest BCUT2D eigenvalue weighted by molar-refractivity contribution is 6.32. The molecule has 0 spiro atoms. The van der Waals surface area contributed by atoms with Gasteiger partial charge >= 0.3 is 5.97 Å². The molecule has 0 unspecified atom stereocenters. The highest BCUT2D eigenvalue weighted by Gasteiger charge is 2.08. The molecule has 0 atom stereocenters. The van der Waals surface area contributed by atoms with Crippen molar-refractivity contribution in [2.24, 2.45) is 0 Å². The highest BCUT2D eigenvalue weighted by atomic mass is 35.5. The van der Waals surface area contributed by atoms with Crippen molar-refractivity contribution in [3.05, 3.63) is 58.6 Å². The monoisotopic (exact) mass is 326 g/mol. The molecule has 0 saturated carbocycles. The number of H-pyrrole nitrogens is 1. The van der Waals surface area contributed by atoms with Gasteiger partial charge in [0, 0.05) is 11.1 Å². The number of nitrogens with zero attached hydrogens (tertiary/aromatic N) is 1. The summed E-state index contributed by atoms with van der Waals surface area (Å²) in [4.78, 5) is 17.5. The fourth-order valence-corrected chi connectivity index (χ4v) is 2.17. The van der Waals surface area contributed by atoms with Gasteiger partial charge in [0.2, 0.25) is 0 Å². The summed E-state index contributed by atoms with van der Waals surface area (Å²) in [6.45, 7) is -0.464. The molecule has 1 aromatic heterocycles. The molecule has 23 heavy (non-hydrogen) atoms. The number of carbonyl (C=O) groups is 1. The van der Waals surface area contributed by atoms with Gasteiger partial charge in [-0.1, -0.05) is 41.6 Å². The second-order valence-electron chi connectivity index (χ2n) is 4.69. The van der Waals surface area contributed by atoms with Crippen LogP contribution in [0.25, 0.3) is 11.0 Å². The lowest BCUT2D eigenvalue weighted by Crippen LogP contribution is -2.09. The number of ether oxygens (including phenoxy) is 1. The minimum Gasteiger partial charge on any atom is -0.479 e. The summed E-state index contributed by atoms with van der Waals surface area (Å²) >= 11 is 6.21. The minimum absolute atomic E-state index is 0.131. The third-order valence-electron chi connectivity index (χ3n) is 3.00. The van der Waals surface area contributed by atoms with Crippen LogP contribution in [0.3, 0.4) is 0 Å². The number of nitrogens with one attached hydrogen (secondary N) is 1. The van der Waals surface area contributed by atoms with Crippen molar-refractivity contribution < 1.29 is 14.6 Å². The lowest BCUT2D eigenvalue weighted by molar-refractivity contribution is -0.139. The smallest absolute Gasteiger partial charge is 0.341 e. The Balaban J connectivity index is 1.91. The zero-order valence-corrected chi connectivity index (χ0v) is 12.6. The Morgan fingerprint density at radius 3 is 2.78 bits per heavy atom. The molecule has 3 aromatic rings. The minimum atomic E-state index is -1.07. The number of aromatic nitrogens is 2. The van der Waals surface area contributed by atoms with Gasteiger partial charge in [-0.15, -0.1) is 0 Å². The molecule has 2 N–H and O–H groups in total. The largest absolute Gasteiger partial charge is 0.479 e. The van der Waals surface area contributed by atoms with Crippen LogP contribution in [0.4, 0.5) is 0 Å². The van der Waals surface area contributed by atoms with E-state index in [1.807, 2.05) is 30.3 Å². The molecule has 114 valence electrons. The molecule has 3 rings (SSSR count). The molecule has 1 heterocycles. The van der Waals surface area contributed by atoms with E-state index in [0.717, 1.165) is 5.56 Å². The summed E-state index contributed by atoms with van der Waals surface area (Å²) in [5.74, 6) is 4.98. The summed E-state index contributed by atoms with van der Waals surface area (Å²) in [6, 6.07) is 13.1. The van der Waals surface area contributed by atoms with Crippen LogP contribution in [0.15, 0.2) is 42.5 Å². The van der Waals surface area contributed by atoms with Crippen LogP contribution >= 0.6 is 11.6 Å². The Hall–Kier alpha value is -2.97. The van der Waals surface area contributed by atoms with Crippen LogP contribution in [-0.4, -0.2) is 27.7 Å². The van der Waals surface area contributed by atoms with E-state index >= 15 is 0 Å². The number of carboxylic acids is 1. The number of fused-ring (bicyclic) bond motifs is 1. The van der Waals surface area contributed by atoms with Crippen LogP contribution in [0.2, 0.25) is 5.02 Å². The van der Waals surface area contributed by atoms with Crippen molar-refractivity contribution in [3.63, 3.8) is 0 Å². The first-order valence-corrected chi connectivity index (χ1v) is 7.10. The van der Waals surface area contributed by atoms with Gasteiger partial charge in [0.15, 0.2) is 6.61 Å². The second kappa shape index (κ2) is 6.42. The number of hydrogen-bond acceptors (Lipinski definition) is 3. The van der Waals surface area contributed by atoms with Crippen LogP contribution in [0.5, 0.6) is 6.01 Å². The average Bonchev–Trinajstić information content (AvgIpc) is 2.93. The van der Waals surface area contributed by atoms with Gasteiger partial charge in [0.1, 0.15) is 0 Å². The predicted octanol–water partition coefficient (Wildman–Crippen LogP) is 3.08. The molecule has 0 aliphatic carbocycles. The molecule has 0 radical (unpaired) electrons. The Morgan fingerprint density at radius 1 is 1.26 bits per heavy atom. The first-order chi connectivity index (χ1) is 11.1. The Bertz CT molecular complexity index is 923. The quantitative estimate of drug-likeness (QED) is 0.725. The molecule has 0 aliphatic heterocycles. The Kier molecular flexibility index (Phi) is 4.18. The number of imidazole rings is 1. The van der Waals surface area contributed by atoms with Crippen LogP contribution in [0.1, 0.15) is 11.1 Å². The lowest BCUT2D eigenvalue weighted by Gasteiger charge is -1.96. The first kappa shape index (κ1) is 14.9. The van der Waals surface area contributed by atoms with E-state index in [1.165, 1.54) is 0 Å². The van der Waals surface area contributed by atoms with Gasteiger partial charge in [0.25, 0.3) is 6.01 Å². The average molecular weight is 327 g/mol. The molecule has 0 fully saturated rings. The second-order valence-corrected chi connectivity index (χ2v) is 5.10. The van der Waals surface area contributed by atoms with Crippen molar-refractivity contribution >= 4 is 28.6 Å². The van der Waals surface area contributed by atoms with E-state index in [0.29, 0.717) is 21.6 Å². The lowest BCUT2D eigenvalue weighted by atomic mass is 10.1. The Morgan fingerprint density at radius 2 is 2.04 bits per heavy atom. The first-order valence-electron chi connectivity index (χ1n) is 6.73. The normalized spacial score (nSPS) is 10.1. The molecule has 2 aromatic carbocycles. The van der Waals surface area contributed by atoms with Gasteiger partial charge < -0.3 is 14.8 Å². The maximum Gasteiger partial charge on any atom is 0.341 e. The topological polar surface area (TPSA) is 75.2 Å². The third-order valence-corrected chi connectivity index (χ3v) is 3.31. The van der Waals surface area contributed by atoms with E-state index in [1.54, 1.807) is 12.1 Å². The van der Waals surface area contributed by atoms with E-state index in [4.69, 9.17) is 21.4 Å². The number of halogens is 1. The number of carboxylic acid groups (broad SMARTS) is 1. The number of aliphatic carboxylic acids is 1. The van der Waals surface area contributed by atoms with Crippen LogP contribution in [-0.2, 0) is 4.79 Å². The maximum atomic E-state index is 10.5. The standard InChI is InChI=1S/C17H11ClN2O3/c18-13-9-15-14(19-17(20-15)23-10-16(21)22)8-12(13)7-6-11-4-2-1-3-5-11/h1-5,8-9H,10H2,(H,19,20)(H,21,22). The van der Waals surface area contributed by atoms with Crippen molar-refractivity contribution in [3.8, 4) is 17.9 Å². The van der Waals surface area contributed by atoms with E-state index < -0.39 is 12.6 Å². The van der Waals surface area contributed by atoms with Gasteiger partial charge in [0.05, 0.1) is 16.1 Å². The third kappa shape index (κ3) is 3.62. The van der Waals surface area contributed by atoms with Gasteiger partial charge in [-0.2, -0.15) is 4.98 Å². The van der Waals surface area contributed by atoms with Crippen LogP contribution in [0, 0.1) is 11.8 Å². The highest BCUT2D eigenvalue weighted by Crippen LogP contribution is 2.24. The molecule has 5 nitrogen and oxygen atoms in total. The summed E-state index contributed by atoms with van der Waals surface area (Å²) in [5, 5.41) is 9.08. The van der Waals surface area contributed by atoms with Gasteiger partial charge in [-0.3, -0.25) is 0 Å². The molecule has 0 amide bonds. The molecule has 0 bridgehead atoms.